The number of rotatable bonds is 4. The Balaban J connectivity index is 2.06. The van der Waals surface area contributed by atoms with E-state index in [2.05, 4.69) is 45.4 Å². The molecule has 0 saturated heterocycles. The van der Waals surface area contributed by atoms with Crippen LogP contribution < -0.4 is 5.32 Å². The number of aromatic nitrogens is 2. The quantitative estimate of drug-likeness (QED) is 0.910. The van der Waals surface area contributed by atoms with E-state index in [1.54, 1.807) is 0 Å². The molecule has 0 amide bonds. The fraction of sp³-hybridized carbons (Fsp3) is 0.357. The molecule has 1 unspecified atom stereocenters. The summed E-state index contributed by atoms with van der Waals surface area (Å²) >= 11 is 9.73. The Kier molecular flexibility index (Phi) is 4.66. The van der Waals surface area contributed by atoms with E-state index in [9.17, 15) is 0 Å². The number of aryl methyl sites for hydroxylation is 2. The van der Waals surface area contributed by atoms with Crippen molar-refractivity contribution in [3.63, 3.8) is 0 Å². The SMILES string of the molecule is Cc1nn(C)c(CNC(C)c2cccc(Br)c2)c1Cl. The summed E-state index contributed by atoms with van der Waals surface area (Å²) in [4.78, 5) is 0. The van der Waals surface area contributed by atoms with Crippen LogP contribution in [0.2, 0.25) is 5.02 Å². The third kappa shape index (κ3) is 3.38. The standard InChI is InChI=1S/C14H17BrClN3/c1-9(11-5-4-6-12(15)7-11)17-8-13-14(16)10(2)18-19(13)3/h4-7,9,17H,8H2,1-3H3. The fourth-order valence-electron chi connectivity index (χ4n) is 2.02. The highest BCUT2D eigenvalue weighted by molar-refractivity contribution is 9.10. The number of hydrogen-bond donors (Lipinski definition) is 1. The van der Waals surface area contributed by atoms with Gasteiger partial charge >= 0.3 is 0 Å². The Morgan fingerprint density at radius 3 is 2.79 bits per heavy atom. The van der Waals surface area contributed by atoms with Gasteiger partial charge in [-0.2, -0.15) is 5.10 Å². The molecule has 1 aromatic heterocycles. The van der Waals surface area contributed by atoms with Crippen LogP contribution in [0, 0.1) is 6.92 Å². The van der Waals surface area contributed by atoms with Gasteiger partial charge in [-0.15, -0.1) is 0 Å². The predicted octanol–water partition coefficient (Wildman–Crippen LogP) is 4.00. The van der Waals surface area contributed by atoms with E-state index in [0.29, 0.717) is 6.54 Å². The van der Waals surface area contributed by atoms with Gasteiger partial charge in [0.05, 0.1) is 16.4 Å². The smallest absolute Gasteiger partial charge is 0.0860 e. The van der Waals surface area contributed by atoms with Gasteiger partial charge in [-0.1, -0.05) is 39.7 Å². The Morgan fingerprint density at radius 1 is 1.47 bits per heavy atom. The maximum Gasteiger partial charge on any atom is 0.0860 e. The molecule has 2 aromatic rings. The molecule has 19 heavy (non-hydrogen) atoms. The Bertz CT molecular complexity index is 580. The molecule has 5 heteroatoms. The Hall–Kier alpha value is -0.840. The minimum atomic E-state index is 0.253. The molecule has 1 N–H and O–H groups in total. The molecule has 0 aliphatic rings. The molecule has 0 saturated carbocycles. The highest BCUT2D eigenvalue weighted by Crippen LogP contribution is 2.21. The molecule has 1 heterocycles. The predicted molar refractivity (Wildman–Crippen MR) is 82.4 cm³/mol. The van der Waals surface area contributed by atoms with Crippen molar-refractivity contribution in [2.75, 3.05) is 0 Å². The minimum absolute atomic E-state index is 0.253. The zero-order chi connectivity index (χ0) is 14.0. The van der Waals surface area contributed by atoms with Crippen molar-refractivity contribution in [3.8, 4) is 0 Å². The average Bonchev–Trinajstić information content (AvgIpc) is 2.61. The highest BCUT2D eigenvalue weighted by Gasteiger charge is 2.12. The van der Waals surface area contributed by atoms with Gasteiger partial charge in [0.2, 0.25) is 0 Å². The van der Waals surface area contributed by atoms with E-state index >= 15 is 0 Å². The maximum absolute atomic E-state index is 6.24. The molecule has 0 bridgehead atoms. The molecule has 0 spiro atoms. The first-order valence-electron chi connectivity index (χ1n) is 6.16. The number of nitrogens with zero attached hydrogens (tertiary/aromatic N) is 2. The lowest BCUT2D eigenvalue weighted by molar-refractivity contribution is 0.548. The van der Waals surface area contributed by atoms with Gasteiger partial charge in [-0.05, 0) is 31.5 Å². The van der Waals surface area contributed by atoms with E-state index in [-0.39, 0.29) is 6.04 Å². The van der Waals surface area contributed by atoms with E-state index < -0.39 is 0 Å². The van der Waals surface area contributed by atoms with Gasteiger partial charge in [0, 0.05) is 24.1 Å². The summed E-state index contributed by atoms with van der Waals surface area (Å²) in [5.41, 5.74) is 3.13. The molecule has 3 nitrogen and oxygen atoms in total. The van der Waals surface area contributed by atoms with Crippen LogP contribution in [0.5, 0.6) is 0 Å². The van der Waals surface area contributed by atoms with Gasteiger partial charge in [0.25, 0.3) is 0 Å². The summed E-state index contributed by atoms with van der Waals surface area (Å²) in [5, 5.41) is 8.53. The first-order valence-corrected chi connectivity index (χ1v) is 7.33. The molecular formula is C14H17BrClN3. The van der Waals surface area contributed by atoms with Crippen molar-refractivity contribution in [1.29, 1.82) is 0 Å². The molecule has 2 rings (SSSR count). The third-order valence-corrected chi connectivity index (χ3v) is 4.17. The summed E-state index contributed by atoms with van der Waals surface area (Å²) in [6, 6.07) is 8.55. The van der Waals surface area contributed by atoms with Crippen LogP contribution in [0.3, 0.4) is 0 Å². The van der Waals surface area contributed by atoms with Crippen molar-refractivity contribution in [3.05, 3.63) is 50.7 Å². The van der Waals surface area contributed by atoms with Crippen molar-refractivity contribution in [2.24, 2.45) is 7.05 Å². The molecule has 1 atom stereocenters. The summed E-state index contributed by atoms with van der Waals surface area (Å²) in [5.74, 6) is 0. The second-order valence-corrected chi connectivity index (χ2v) is 5.92. The van der Waals surface area contributed by atoms with E-state index in [1.807, 2.05) is 30.8 Å². The molecular weight excluding hydrogens is 326 g/mol. The summed E-state index contributed by atoms with van der Waals surface area (Å²) in [6.45, 7) is 4.76. The zero-order valence-corrected chi connectivity index (χ0v) is 13.6. The van der Waals surface area contributed by atoms with Gasteiger partial charge in [-0.25, -0.2) is 0 Å². The third-order valence-electron chi connectivity index (χ3n) is 3.19. The number of nitrogens with one attached hydrogen (secondary N) is 1. The van der Waals surface area contributed by atoms with Crippen LogP contribution in [0.4, 0.5) is 0 Å². The van der Waals surface area contributed by atoms with Crippen molar-refractivity contribution in [2.45, 2.75) is 26.4 Å². The van der Waals surface area contributed by atoms with Gasteiger partial charge in [0.15, 0.2) is 0 Å². The zero-order valence-electron chi connectivity index (χ0n) is 11.2. The molecule has 1 aromatic carbocycles. The van der Waals surface area contributed by atoms with Gasteiger partial charge < -0.3 is 5.32 Å². The van der Waals surface area contributed by atoms with Crippen LogP contribution in [0.25, 0.3) is 0 Å². The fourth-order valence-corrected chi connectivity index (χ4v) is 2.66. The monoisotopic (exact) mass is 341 g/mol. The summed E-state index contributed by atoms with van der Waals surface area (Å²) in [7, 11) is 1.92. The molecule has 102 valence electrons. The number of benzene rings is 1. The van der Waals surface area contributed by atoms with Crippen molar-refractivity contribution >= 4 is 27.5 Å². The summed E-state index contributed by atoms with van der Waals surface area (Å²) in [6.07, 6.45) is 0. The first-order chi connectivity index (χ1) is 8.99. The minimum Gasteiger partial charge on any atom is -0.305 e. The van der Waals surface area contributed by atoms with Crippen LogP contribution in [-0.2, 0) is 13.6 Å². The maximum atomic E-state index is 6.24. The van der Waals surface area contributed by atoms with Crippen LogP contribution in [-0.4, -0.2) is 9.78 Å². The number of hydrogen-bond acceptors (Lipinski definition) is 2. The van der Waals surface area contributed by atoms with Gasteiger partial charge in [0.1, 0.15) is 0 Å². The molecule has 0 aliphatic carbocycles. The molecule has 0 aliphatic heterocycles. The second kappa shape index (κ2) is 6.07. The average molecular weight is 343 g/mol. The van der Waals surface area contributed by atoms with Crippen molar-refractivity contribution in [1.82, 2.24) is 15.1 Å². The van der Waals surface area contributed by atoms with E-state index in [4.69, 9.17) is 11.6 Å². The first kappa shape index (κ1) is 14.6. The lowest BCUT2D eigenvalue weighted by atomic mass is 10.1. The van der Waals surface area contributed by atoms with E-state index in [1.165, 1.54) is 5.56 Å². The van der Waals surface area contributed by atoms with E-state index in [0.717, 1.165) is 20.9 Å². The normalized spacial score (nSPS) is 12.7. The van der Waals surface area contributed by atoms with Crippen molar-refractivity contribution < 1.29 is 0 Å². The lowest BCUT2D eigenvalue weighted by Gasteiger charge is -2.15. The highest BCUT2D eigenvalue weighted by atomic mass is 79.9. The summed E-state index contributed by atoms with van der Waals surface area (Å²) < 4.78 is 2.92. The molecule has 0 fully saturated rings. The topological polar surface area (TPSA) is 29.9 Å². The molecule has 0 radical (unpaired) electrons. The van der Waals surface area contributed by atoms with Crippen LogP contribution in [0.1, 0.15) is 29.9 Å². The second-order valence-electron chi connectivity index (χ2n) is 4.63. The largest absolute Gasteiger partial charge is 0.305 e. The Labute approximate surface area is 127 Å². The van der Waals surface area contributed by atoms with Crippen LogP contribution >= 0.6 is 27.5 Å². The van der Waals surface area contributed by atoms with Crippen LogP contribution in [0.15, 0.2) is 28.7 Å². The number of halogens is 2. The lowest BCUT2D eigenvalue weighted by Crippen LogP contribution is -2.20. The Morgan fingerprint density at radius 2 is 2.21 bits per heavy atom. The van der Waals surface area contributed by atoms with Gasteiger partial charge in [-0.3, -0.25) is 4.68 Å².